The molecule has 2 fully saturated rings. The molecule has 0 amide bonds. The van der Waals surface area contributed by atoms with Gasteiger partial charge in [-0.1, -0.05) is 70.5 Å². The molecule has 2 bridgehead atoms. The highest BCUT2D eigenvalue weighted by atomic mass is 16.5. The summed E-state index contributed by atoms with van der Waals surface area (Å²) in [5.74, 6) is 1.63. The van der Waals surface area contributed by atoms with Crippen molar-refractivity contribution in [2.45, 2.75) is 79.1 Å². The standard InChI is InChI=1S/C42H48O6/c1-5-26(13-11-24(2)3)21-35-42-20-19-30(31-16-17-32-34(18-12-25(4)23-43)47-40(45)37(32)38(31)42)36(39(42)41(46)48-35)33-22-28(44)14-15-29(33)27-9-7-6-8-10-27/h6-10,14-15,18,21-22,24-26,30-31,38,43-44H,5,11-13,16-17,19-20,23H2,1-4H3/t25-,26-,30+,31+,38+,42+/m0/s1. The number of hydrogen-bond donors (Lipinski definition) is 2. The van der Waals surface area contributed by atoms with Crippen LogP contribution in [0.15, 0.2) is 88.9 Å². The smallest absolute Gasteiger partial charge is 0.340 e. The number of cyclic esters (lactones) is 2. The van der Waals surface area contributed by atoms with E-state index in [0.29, 0.717) is 35.0 Å². The number of carbonyl (C=O) groups is 2. The molecule has 0 radical (unpaired) electrons. The average molecular weight is 649 g/mol. The topological polar surface area (TPSA) is 93.1 Å². The van der Waals surface area contributed by atoms with Crippen molar-refractivity contribution >= 4 is 17.5 Å². The predicted molar refractivity (Wildman–Crippen MR) is 186 cm³/mol. The van der Waals surface area contributed by atoms with Crippen LogP contribution >= 0.6 is 0 Å². The molecule has 2 N–H and O–H groups in total. The minimum atomic E-state index is -0.787. The minimum absolute atomic E-state index is 0.0234. The van der Waals surface area contributed by atoms with E-state index in [1.807, 2.05) is 43.3 Å². The van der Waals surface area contributed by atoms with Crippen LogP contribution in [-0.4, -0.2) is 28.8 Å². The van der Waals surface area contributed by atoms with Gasteiger partial charge in [0.15, 0.2) is 0 Å². The molecule has 1 saturated heterocycles. The van der Waals surface area contributed by atoms with Crippen molar-refractivity contribution in [2.24, 2.45) is 40.9 Å². The molecule has 2 aliphatic heterocycles. The number of phenols is 1. The third-order valence-corrected chi connectivity index (χ3v) is 11.8. The van der Waals surface area contributed by atoms with Gasteiger partial charge in [-0.25, -0.2) is 9.59 Å². The van der Waals surface area contributed by atoms with E-state index < -0.39 is 5.41 Å². The molecule has 0 unspecified atom stereocenters. The lowest BCUT2D eigenvalue weighted by atomic mass is 9.44. The van der Waals surface area contributed by atoms with Gasteiger partial charge in [-0.3, -0.25) is 0 Å². The Morgan fingerprint density at radius 2 is 1.75 bits per heavy atom. The van der Waals surface area contributed by atoms with E-state index in [2.05, 4.69) is 39.0 Å². The van der Waals surface area contributed by atoms with Crippen molar-refractivity contribution in [2.75, 3.05) is 6.61 Å². The number of rotatable bonds is 10. The Morgan fingerprint density at radius 1 is 0.958 bits per heavy atom. The summed E-state index contributed by atoms with van der Waals surface area (Å²) in [5.41, 5.74) is 5.41. The second-order valence-electron chi connectivity index (χ2n) is 15.1. The lowest BCUT2D eigenvalue weighted by Gasteiger charge is -2.56. The molecule has 1 saturated carbocycles. The maximum Gasteiger partial charge on any atom is 0.340 e. The van der Waals surface area contributed by atoms with Crippen LogP contribution in [0.4, 0.5) is 0 Å². The summed E-state index contributed by atoms with van der Waals surface area (Å²) in [6.45, 7) is 8.71. The molecular weight excluding hydrogens is 600 g/mol. The lowest BCUT2D eigenvalue weighted by Crippen LogP contribution is -2.52. The summed E-state index contributed by atoms with van der Waals surface area (Å²) in [5, 5.41) is 20.5. The van der Waals surface area contributed by atoms with Crippen molar-refractivity contribution in [3.63, 3.8) is 0 Å². The van der Waals surface area contributed by atoms with E-state index in [-0.39, 0.29) is 53.9 Å². The fourth-order valence-electron chi connectivity index (χ4n) is 9.39. The summed E-state index contributed by atoms with van der Waals surface area (Å²) < 4.78 is 12.4. The number of allylic oxidation sites excluding steroid dienone is 5. The van der Waals surface area contributed by atoms with E-state index in [1.165, 1.54) is 0 Å². The van der Waals surface area contributed by atoms with E-state index >= 15 is 0 Å². The number of aliphatic hydroxyl groups is 1. The number of ether oxygens (including phenoxy) is 2. The maximum absolute atomic E-state index is 14.4. The highest BCUT2D eigenvalue weighted by Crippen LogP contribution is 2.72. The molecule has 6 nitrogen and oxygen atoms in total. The van der Waals surface area contributed by atoms with Crippen molar-refractivity contribution in [3.05, 3.63) is 94.5 Å². The van der Waals surface area contributed by atoms with E-state index in [0.717, 1.165) is 72.8 Å². The Bertz CT molecular complexity index is 1740. The highest BCUT2D eigenvalue weighted by molar-refractivity contribution is 6.07. The van der Waals surface area contributed by atoms with Gasteiger partial charge in [-0.15, -0.1) is 0 Å². The molecule has 6 heteroatoms. The summed E-state index contributed by atoms with van der Waals surface area (Å²) in [6.07, 6.45) is 11.0. The molecule has 8 rings (SSSR count). The molecular formula is C42H48O6. The second kappa shape index (κ2) is 12.9. The Kier molecular flexibility index (Phi) is 8.74. The van der Waals surface area contributed by atoms with Crippen LogP contribution in [0.5, 0.6) is 5.75 Å². The summed E-state index contributed by atoms with van der Waals surface area (Å²) in [4.78, 5) is 28.4. The maximum atomic E-state index is 14.4. The van der Waals surface area contributed by atoms with Crippen LogP contribution in [0.3, 0.4) is 0 Å². The number of hydrogen-bond acceptors (Lipinski definition) is 6. The van der Waals surface area contributed by atoms with Gasteiger partial charge in [0.2, 0.25) is 0 Å². The first-order chi connectivity index (χ1) is 23.2. The summed E-state index contributed by atoms with van der Waals surface area (Å²) in [7, 11) is 0. The Labute approximate surface area is 284 Å². The zero-order chi connectivity index (χ0) is 33.7. The van der Waals surface area contributed by atoms with Gasteiger partial charge in [0.25, 0.3) is 0 Å². The largest absolute Gasteiger partial charge is 0.508 e. The molecule has 4 aliphatic carbocycles. The average Bonchev–Trinajstić information content (AvgIpc) is 3.58. The quantitative estimate of drug-likeness (QED) is 0.250. The van der Waals surface area contributed by atoms with Crippen molar-refractivity contribution < 1.29 is 29.3 Å². The fraction of sp³-hybridized carbons (Fsp3) is 0.476. The predicted octanol–water partition coefficient (Wildman–Crippen LogP) is 8.91. The fourth-order valence-corrected chi connectivity index (χ4v) is 9.39. The third-order valence-electron chi connectivity index (χ3n) is 11.8. The molecule has 6 aliphatic rings. The molecule has 0 aromatic heterocycles. The zero-order valence-corrected chi connectivity index (χ0v) is 28.6. The normalized spacial score (nSPS) is 28.9. The molecule has 48 heavy (non-hydrogen) atoms. The highest BCUT2D eigenvalue weighted by Gasteiger charge is 2.68. The van der Waals surface area contributed by atoms with Gasteiger partial charge >= 0.3 is 11.9 Å². The first-order valence-corrected chi connectivity index (χ1v) is 18.0. The number of esters is 2. The number of phenolic OH excluding ortho intramolecular Hbond substituents is 1. The van der Waals surface area contributed by atoms with Crippen LogP contribution < -0.4 is 0 Å². The van der Waals surface area contributed by atoms with Crippen LogP contribution in [0.1, 0.15) is 84.6 Å². The molecule has 6 atom stereocenters. The Morgan fingerprint density at radius 3 is 2.48 bits per heavy atom. The van der Waals surface area contributed by atoms with Crippen LogP contribution in [-0.2, 0) is 19.1 Å². The van der Waals surface area contributed by atoms with E-state index in [1.54, 1.807) is 6.07 Å². The first-order valence-electron chi connectivity index (χ1n) is 18.0. The SMILES string of the molecule is CC[C@H](C=C1OC(=O)C2=C(c3cc(O)ccc3-c3ccccc3)[C@@H]3CC[C@]12[C@H]1C2=C(CC[C@H]31)C(=CC[C@H](C)CO)OC2=O)CCC(C)C. The van der Waals surface area contributed by atoms with Crippen LogP contribution in [0, 0.1) is 40.9 Å². The number of fused-ring (bicyclic) bond motifs is 1. The summed E-state index contributed by atoms with van der Waals surface area (Å²) in [6, 6.07) is 15.6. The minimum Gasteiger partial charge on any atom is -0.508 e. The molecule has 1 spiro atoms. The van der Waals surface area contributed by atoms with E-state index in [9.17, 15) is 19.8 Å². The number of aliphatic hydroxyl groups excluding tert-OH is 1. The Balaban J connectivity index is 1.46. The molecule has 252 valence electrons. The third kappa shape index (κ3) is 5.28. The number of carbonyl (C=O) groups excluding carboxylic acids is 2. The van der Waals surface area contributed by atoms with Gasteiger partial charge in [0.1, 0.15) is 17.3 Å². The van der Waals surface area contributed by atoms with Gasteiger partial charge in [0, 0.05) is 23.7 Å². The van der Waals surface area contributed by atoms with Gasteiger partial charge in [-0.05, 0) is 121 Å². The second-order valence-corrected chi connectivity index (χ2v) is 15.1. The van der Waals surface area contributed by atoms with Crippen molar-refractivity contribution in [3.8, 4) is 16.9 Å². The van der Waals surface area contributed by atoms with Crippen molar-refractivity contribution in [1.29, 1.82) is 0 Å². The number of benzene rings is 2. The van der Waals surface area contributed by atoms with Crippen LogP contribution in [0.2, 0.25) is 0 Å². The Hall–Kier alpha value is -3.90. The van der Waals surface area contributed by atoms with E-state index in [4.69, 9.17) is 9.47 Å². The van der Waals surface area contributed by atoms with Gasteiger partial charge in [-0.2, -0.15) is 0 Å². The molecule has 2 heterocycles. The van der Waals surface area contributed by atoms with Gasteiger partial charge < -0.3 is 19.7 Å². The first kappa shape index (κ1) is 32.6. The van der Waals surface area contributed by atoms with Gasteiger partial charge in [0.05, 0.1) is 11.0 Å². The lowest BCUT2D eigenvalue weighted by molar-refractivity contribution is -0.135. The molecule has 2 aromatic rings. The van der Waals surface area contributed by atoms with Crippen molar-refractivity contribution in [1.82, 2.24) is 0 Å². The molecule has 2 aromatic carbocycles. The van der Waals surface area contributed by atoms with Crippen LogP contribution in [0.25, 0.3) is 16.7 Å². The summed E-state index contributed by atoms with van der Waals surface area (Å²) >= 11 is 0. The monoisotopic (exact) mass is 648 g/mol. The zero-order valence-electron chi connectivity index (χ0n) is 28.6. The number of aromatic hydroxyl groups is 1.